The zero-order valence-electron chi connectivity index (χ0n) is 14.3. The van der Waals surface area contributed by atoms with Crippen LogP contribution in [-0.2, 0) is 25.6 Å². The Hall–Kier alpha value is -2.79. The first-order chi connectivity index (χ1) is 12.6. The molecule has 1 aromatic carbocycles. The molecule has 0 aliphatic carbocycles. The van der Waals surface area contributed by atoms with E-state index in [4.69, 9.17) is 16.6 Å². The van der Waals surface area contributed by atoms with E-state index in [0.717, 1.165) is 0 Å². The number of carbonyl (C=O) groups is 4. The van der Waals surface area contributed by atoms with Gasteiger partial charge in [-0.3, -0.25) is 14.4 Å². The van der Waals surface area contributed by atoms with Gasteiger partial charge in [-0.15, -0.1) is 0 Å². The lowest BCUT2D eigenvalue weighted by Crippen LogP contribution is -2.56. The van der Waals surface area contributed by atoms with Crippen molar-refractivity contribution >= 4 is 36.3 Å². The minimum Gasteiger partial charge on any atom is -0.508 e. The number of benzene rings is 1. The van der Waals surface area contributed by atoms with Crippen molar-refractivity contribution in [1.82, 2.24) is 10.6 Å². The molecule has 0 saturated carbocycles. The lowest BCUT2D eigenvalue weighted by atomic mass is 10.0. The van der Waals surface area contributed by atoms with E-state index in [-0.39, 0.29) is 17.9 Å². The topological polar surface area (TPSA) is 185 Å². The largest absolute Gasteiger partial charge is 0.508 e. The number of phenols is 1. The van der Waals surface area contributed by atoms with Crippen molar-refractivity contribution in [2.45, 2.75) is 31.0 Å². The molecular formula is C16H22N4O6S. The number of hydrogen-bond acceptors (Lipinski definition) is 7. The predicted octanol–water partition coefficient (Wildman–Crippen LogP) is -1.88. The molecule has 8 N–H and O–H groups in total. The third kappa shape index (κ3) is 7.54. The maximum absolute atomic E-state index is 12.3. The summed E-state index contributed by atoms with van der Waals surface area (Å²) in [5.74, 6) is -3.90. The maximum atomic E-state index is 12.3. The number of nitrogens with two attached hydrogens (primary N) is 2. The van der Waals surface area contributed by atoms with Crippen molar-refractivity contribution in [2.75, 3.05) is 5.75 Å². The van der Waals surface area contributed by atoms with E-state index in [0.29, 0.717) is 5.56 Å². The van der Waals surface area contributed by atoms with E-state index in [1.807, 2.05) is 0 Å². The molecule has 0 unspecified atom stereocenters. The highest BCUT2D eigenvalue weighted by Crippen LogP contribution is 2.11. The molecular weight excluding hydrogens is 376 g/mol. The number of aliphatic carboxylic acids is 1. The summed E-state index contributed by atoms with van der Waals surface area (Å²) in [6.07, 6.45) is -0.409. The second-order valence-electron chi connectivity index (χ2n) is 5.79. The fourth-order valence-electron chi connectivity index (χ4n) is 2.13. The summed E-state index contributed by atoms with van der Waals surface area (Å²) in [5.41, 5.74) is 11.6. The Morgan fingerprint density at radius 2 is 1.59 bits per heavy atom. The van der Waals surface area contributed by atoms with Gasteiger partial charge in [0.2, 0.25) is 17.7 Å². The van der Waals surface area contributed by atoms with Gasteiger partial charge < -0.3 is 32.3 Å². The first-order valence-electron chi connectivity index (χ1n) is 7.90. The fourth-order valence-corrected chi connectivity index (χ4v) is 2.37. The first-order valence-corrected chi connectivity index (χ1v) is 8.53. The Bertz CT molecular complexity index is 697. The third-order valence-corrected chi connectivity index (χ3v) is 3.93. The number of carboxylic acid groups (broad SMARTS) is 1. The summed E-state index contributed by atoms with van der Waals surface area (Å²) >= 11 is 3.82. The lowest BCUT2D eigenvalue weighted by molar-refractivity contribution is -0.141. The van der Waals surface area contributed by atoms with Gasteiger partial charge in [0, 0.05) is 5.75 Å². The Morgan fingerprint density at radius 1 is 1.04 bits per heavy atom. The molecule has 0 aliphatic heterocycles. The number of phenolic OH excluding ortho intramolecular Hbond substituents is 1. The van der Waals surface area contributed by atoms with Crippen molar-refractivity contribution in [2.24, 2.45) is 11.5 Å². The van der Waals surface area contributed by atoms with Crippen LogP contribution in [0.3, 0.4) is 0 Å². The van der Waals surface area contributed by atoms with Crippen LogP contribution in [-0.4, -0.2) is 57.8 Å². The van der Waals surface area contributed by atoms with Gasteiger partial charge >= 0.3 is 5.97 Å². The fraction of sp³-hybridized carbons (Fsp3) is 0.375. The van der Waals surface area contributed by atoms with Crippen LogP contribution in [0.25, 0.3) is 0 Å². The van der Waals surface area contributed by atoms with Gasteiger partial charge in [-0.25, -0.2) is 4.79 Å². The molecule has 10 nitrogen and oxygen atoms in total. The van der Waals surface area contributed by atoms with E-state index in [1.165, 1.54) is 12.1 Å². The average molecular weight is 398 g/mol. The van der Waals surface area contributed by atoms with E-state index in [2.05, 4.69) is 23.3 Å². The molecule has 0 bridgehead atoms. The van der Waals surface area contributed by atoms with Gasteiger partial charge in [0.15, 0.2) is 0 Å². The highest BCUT2D eigenvalue weighted by atomic mass is 32.1. The zero-order chi connectivity index (χ0) is 20.6. The monoisotopic (exact) mass is 398 g/mol. The van der Waals surface area contributed by atoms with Crippen molar-refractivity contribution in [3.8, 4) is 5.75 Å². The molecule has 3 amide bonds. The summed E-state index contributed by atoms with van der Waals surface area (Å²) in [6.45, 7) is 0. The number of carboxylic acids is 1. The molecule has 1 aromatic rings. The van der Waals surface area contributed by atoms with Crippen molar-refractivity contribution < 1.29 is 29.4 Å². The van der Waals surface area contributed by atoms with Gasteiger partial charge in [-0.1, -0.05) is 12.1 Å². The van der Waals surface area contributed by atoms with Gasteiger partial charge in [0.05, 0.1) is 12.5 Å². The third-order valence-electron chi connectivity index (χ3n) is 3.56. The Morgan fingerprint density at radius 3 is 2.07 bits per heavy atom. The van der Waals surface area contributed by atoms with E-state index >= 15 is 0 Å². The molecule has 27 heavy (non-hydrogen) atoms. The first kappa shape index (κ1) is 22.3. The van der Waals surface area contributed by atoms with Crippen molar-refractivity contribution in [3.63, 3.8) is 0 Å². The highest BCUT2D eigenvalue weighted by Gasteiger charge is 2.28. The van der Waals surface area contributed by atoms with Crippen LogP contribution in [0, 0.1) is 0 Å². The molecule has 0 radical (unpaired) electrons. The Kier molecular flexibility index (Phi) is 8.56. The summed E-state index contributed by atoms with van der Waals surface area (Å²) in [5, 5.41) is 22.7. The molecule has 0 aliphatic rings. The molecule has 11 heteroatoms. The van der Waals surface area contributed by atoms with Crippen LogP contribution in [0.2, 0.25) is 0 Å². The van der Waals surface area contributed by atoms with E-state index < -0.39 is 48.2 Å². The van der Waals surface area contributed by atoms with Gasteiger partial charge in [-0.05, 0) is 24.1 Å². The smallest absolute Gasteiger partial charge is 0.327 e. The van der Waals surface area contributed by atoms with E-state index in [1.54, 1.807) is 12.1 Å². The molecule has 1 rings (SSSR count). The zero-order valence-corrected chi connectivity index (χ0v) is 15.2. The normalized spacial score (nSPS) is 13.9. The second-order valence-corrected chi connectivity index (χ2v) is 6.16. The maximum Gasteiger partial charge on any atom is 0.327 e. The number of nitrogens with one attached hydrogen (secondary N) is 2. The number of carbonyl (C=O) groups excluding carboxylic acids is 3. The predicted molar refractivity (Wildman–Crippen MR) is 98.9 cm³/mol. The highest BCUT2D eigenvalue weighted by molar-refractivity contribution is 7.80. The molecule has 0 aromatic heterocycles. The molecule has 0 saturated heterocycles. The number of aromatic hydroxyl groups is 1. The van der Waals surface area contributed by atoms with Gasteiger partial charge in [0.25, 0.3) is 0 Å². The lowest BCUT2D eigenvalue weighted by Gasteiger charge is -2.21. The number of primary amides is 1. The molecule has 148 valence electrons. The average Bonchev–Trinajstić information content (AvgIpc) is 2.59. The molecule has 0 spiro atoms. The molecule has 0 heterocycles. The number of rotatable bonds is 10. The van der Waals surface area contributed by atoms with E-state index in [9.17, 15) is 24.3 Å². The molecule has 3 atom stereocenters. The van der Waals surface area contributed by atoms with Crippen LogP contribution < -0.4 is 22.1 Å². The minimum atomic E-state index is -1.37. The summed E-state index contributed by atoms with van der Waals surface area (Å²) in [6, 6.07) is 2.33. The SMILES string of the molecule is NC(=O)C[C@H](NC(=O)[C@@H](N)Cc1ccc(O)cc1)C(=O)N[C@@H](CS)C(=O)O. The Balaban J connectivity index is 2.77. The second kappa shape index (κ2) is 10.4. The van der Waals surface area contributed by atoms with Crippen LogP contribution >= 0.6 is 12.6 Å². The summed E-state index contributed by atoms with van der Waals surface area (Å²) in [4.78, 5) is 46.6. The van der Waals surface area contributed by atoms with Crippen LogP contribution in [0.15, 0.2) is 24.3 Å². The van der Waals surface area contributed by atoms with Crippen molar-refractivity contribution in [1.29, 1.82) is 0 Å². The minimum absolute atomic E-state index is 0.0622. The van der Waals surface area contributed by atoms with Crippen LogP contribution in [0.4, 0.5) is 0 Å². The van der Waals surface area contributed by atoms with Gasteiger partial charge in [-0.2, -0.15) is 12.6 Å². The number of amides is 3. The van der Waals surface area contributed by atoms with Crippen LogP contribution in [0.5, 0.6) is 5.75 Å². The summed E-state index contributed by atoms with van der Waals surface area (Å²) < 4.78 is 0. The number of thiol groups is 1. The van der Waals surface area contributed by atoms with Crippen molar-refractivity contribution in [3.05, 3.63) is 29.8 Å². The summed E-state index contributed by atoms with van der Waals surface area (Å²) in [7, 11) is 0. The molecule has 0 fully saturated rings. The standard InChI is InChI=1S/C16H22N4O6S/c17-10(5-8-1-3-9(21)4-2-8)14(23)19-11(6-13(18)22)15(24)20-12(7-27)16(25)26/h1-4,10-12,21,27H,5-7,17H2,(H2,18,22)(H,19,23)(H,20,24)(H,25,26)/t10-,11-,12-/m0/s1. The number of hydrogen-bond donors (Lipinski definition) is 7. The van der Waals surface area contributed by atoms with Crippen LogP contribution in [0.1, 0.15) is 12.0 Å². The van der Waals surface area contributed by atoms with Gasteiger partial charge in [0.1, 0.15) is 17.8 Å². The quantitative estimate of drug-likeness (QED) is 0.225. The Labute approximate surface area is 160 Å².